The van der Waals surface area contributed by atoms with Crippen LogP contribution in [0.3, 0.4) is 0 Å². The Morgan fingerprint density at radius 1 is 0.828 bits per heavy atom. The van der Waals surface area contributed by atoms with Crippen LogP contribution in [0.25, 0.3) is 21.8 Å². The minimum absolute atomic E-state index is 0.00782. The first kappa shape index (κ1) is 7.07. The molecule has 2 nitrogen and oxygen atoms in total. The molecule has 2 heteroatoms. The van der Waals surface area contributed by atoms with Crippen molar-refractivity contribution in [3.8, 4) is 0 Å². The van der Waals surface area contributed by atoms with Crippen molar-refractivity contribution in [1.82, 2.24) is 4.57 Å². The Morgan fingerprint density at radius 3 is 2.38 bits per heavy atom. The van der Waals surface area contributed by atoms with Gasteiger partial charge < -0.3 is 9.47 Å². The van der Waals surface area contributed by atoms with Crippen molar-refractivity contribution in [3.05, 3.63) is 102 Å². The first-order chi connectivity index (χ1) is 21.1. The molecule has 0 aliphatic carbocycles. The lowest BCUT2D eigenvalue weighted by molar-refractivity contribution is 0.827. The van der Waals surface area contributed by atoms with Crippen molar-refractivity contribution >= 4 is 38.9 Å². The number of hydrogen-bond donors (Lipinski definition) is 0. The first-order valence-electron chi connectivity index (χ1n) is 17.2. The fourth-order valence-corrected chi connectivity index (χ4v) is 3.36. The second kappa shape index (κ2) is 7.14. The third-order valence-corrected chi connectivity index (χ3v) is 4.57. The van der Waals surface area contributed by atoms with Gasteiger partial charge in [-0.25, -0.2) is 0 Å². The molecule has 0 spiro atoms. The number of aryl methyl sites for hydroxylation is 1. The maximum atomic E-state index is 8.77. The van der Waals surface area contributed by atoms with E-state index in [0.717, 1.165) is 9.47 Å². The maximum Gasteiger partial charge on any atom is 0.0645 e. The molecule has 1 aromatic heterocycles. The number of rotatable bonds is 4. The average molecular weight is 394 g/mol. The predicted octanol–water partition coefficient (Wildman–Crippen LogP) is 7.59. The highest BCUT2D eigenvalue weighted by atomic mass is 15.1. The van der Waals surface area contributed by atoms with Gasteiger partial charge in [-0.1, -0.05) is 60.0 Å². The van der Waals surface area contributed by atoms with E-state index in [1.54, 1.807) is 18.2 Å². The van der Waals surface area contributed by atoms with Crippen LogP contribution in [-0.2, 0) is 6.50 Å². The van der Waals surface area contributed by atoms with E-state index in [2.05, 4.69) is 0 Å². The molecule has 0 saturated carbocycles. The van der Waals surface area contributed by atoms with Gasteiger partial charge in [0.1, 0.15) is 0 Å². The van der Waals surface area contributed by atoms with Gasteiger partial charge in [-0.2, -0.15) is 0 Å². The fraction of sp³-hybridized carbons (Fsp3) is 0.111. The molecule has 0 aliphatic heterocycles. The smallest absolute Gasteiger partial charge is 0.0645 e. The van der Waals surface area contributed by atoms with Gasteiger partial charge in [0, 0.05) is 50.8 Å². The summed E-state index contributed by atoms with van der Waals surface area (Å²) in [6.45, 7) is -9.21. The van der Waals surface area contributed by atoms with Crippen LogP contribution in [0.1, 0.15) is 35.7 Å². The molecule has 0 radical (unpaired) electrons. The standard InChI is InChI=1S/C27H24N2/c1-3-28-26-12-8-7-11-24(26)25-18-17-23(19-27(25)28)29(21-9-5-4-6-10-21)22-15-13-20(2)14-16-22/h4-19H,3H2,1-2H3/i1D3,2D3,3D2,4D,5D,6D,9D,10D,13D,14D,15D,16D. The highest BCUT2D eigenvalue weighted by Gasteiger charge is 2.15. The Kier molecular flexibility index (Phi) is 1.74. The minimum atomic E-state index is -3.17. The molecule has 4 aromatic carbocycles. The van der Waals surface area contributed by atoms with Gasteiger partial charge in [0.15, 0.2) is 0 Å². The van der Waals surface area contributed by atoms with Crippen LogP contribution < -0.4 is 4.90 Å². The number of fused-ring (bicyclic) bond motifs is 3. The van der Waals surface area contributed by atoms with Crippen LogP contribution in [0, 0.1) is 6.85 Å². The van der Waals surface area contributed by atoms with E-state index < -0.39 is 91.5 Å². The first-order valence-corrected chi connectivity index (χ1v) is 8.66. The predicted molar refractivity (Wildman–Crippen MR) is 125 cm³/mol. The molecule has 1 heterocycles. The average Bonchev–Trinajstić information content (AvgIpc) is 3.30. The molecule has 0 fully saturated rings. The van der Waals surface area contributed by atoms with Gasteiger partial charge in [0.05, 0.1) is 17.9 Å². The Balaban J connectivity index is 1.99. The van der Waals surface area contributed by atoms with Gasteiger partial charge in [-0.3, -0.25) is 0 Å². The van der Waals surface area contributed by atoms with E-state index >= 15 is 0 Å². The zero-order chi connectivity index (χ0) is 34.4. The summed E-state index contributed by atoms with van der Waals surface area (Å²) in [5.41, 5.74) is -2.09. The van der Waals surface area contributed by atoms with Crippen LogP contribution in [0.2, 0.25) is 0 Å². The van der Waals surface area contributed by atoms with Crippen LogP contribution in [0.4, 0.5) is 17.1 Å². The monoisotopic (exact) mass is 393 g/mol. The molecular weight excluding hydrogens is 352 g/mol. The van der Waals surface area contributed by atoms with Crippen LogP contribution >= 0.6 is 0 Å². The molecule has 0 atom stereocenters. The summed E-state index contributed by atoms with van der Waals surface area (Å²) in [4.78, 5) is 0.858. The second-order valence-corrected chi connectivity index (χ2v) is 6.20. The van der Waals surface area contributed by atoms with Gasteiger partial charge in [-0.05, 0) is 56.1 Å². The topological polar surface area (TPSA) is 8.17 Å². The number of nitrogens with zero attached hydrogens (tertiary/aromatic N) is 2. The number of para-hydroxylation sites is 2. The van der Waals surface area contributed by atoms with Gasteiger partial charge in [0.2, 0.25) is 0 Å². The van der Waals surface area contributed by atoms with E-state index in [1.807, 2.05) is 0 Å². The minimum Gasteiger partial charge on any atom is -0.341 e. The van der Waals surface area contributed by atoms with Crippen molar-refractivity contribution in [3.63, 3.8) is 0 Å². The Hall–Kier alpha value is -3.52. The van der Waals surface area contributed by atoms with Crippen molar-refractivity contribution in [2.45, 2.75) is 20.2 Å². The maximum absolute atomic E-state index is 8.77. The van der Waals surface area contributed by atoms with E-state index in [-0.39, 0.29) is 16.7 Å². The molecule has 5 rings (SSSR count). The summed E-state index contributed by atoms with van der Waals surface area (Å²) in [5.74, 6) is 0. The molecule has 0 saturated heterocycles. The van der Waals surface area contributed by atoms with Crippen molar-refractivity contribution < 1.29 is 23.3 Å². The molecule has 0 bridgehead atoms. The highest BCUT2D eigenvalue weighted by molar-refractivity contribution is 6.09. The fourth-order valence-electron chi connectivity index (χ4n) is 3.36. The lowest BCUT2D eigenvalue weighted by Gasteiger charge is -2.25. The lowest BCUT2D eigenvalue weighted by Crippen LogP contribution is -2.10. The number of hydrogen-bond acceptors (Lipinski definition) is 1. The van der Waals surface area contributed by atoms with Gasteiger partial charge in [0.25, 0.3) is 0 Å². The Labute approximate surface area is 195 Å². The molecular formula is C27H24N2. The zero-order valence-electron chi connectivity index (χ0n) is 31.9. The Bertz CT molecular complexity index is 2000. The van der Waals surface area contributed by atoms with Gasteiger partial charge in [-0.15, -0.1) is 0 Å². The summed E-state index contributed by atoms with van der Waals surface area (Å²) in [6, 6.07) is 2.93. The normalized spacial score (nSPS) is 21.0. The van der Waals surface area contributed by atoms with Crippen molar-refractivity contribution in [2.75, 3.05) is 4.90 Å². The summed E-state index contributed by atoms with van der Waals surface area (Å²) in [6.07, 6.45) is 0. The van der Waals surface area contributed by atoms with Crippen LogP contribution in [0.5, 0.6) is 0 Å². The largest absolute Gasteiger partial charge is 0.341 e. The molecule has 142 valence electrons. The van der Waals surface area contributed by atoms with Crippen molar-refractivity contribution in [1.29, 1.82) is 0 Å². The highest BCUT2D eigenvalue weighted by Crippen LogP contribution is 2.38. The second-order valence-electron chi connectivity index (χ2n) is 6.20. The number of aromatic nitrogens is 1. The quantitative estimate of drug-likeness (QED) is 0.305. The third-order valence-electron chi connectivity index (χ3n) is 4.57. The van der Waals surface area contributed by atoms with Crippen LogP contribution in [0.15, 0.2) is 96.8 Å². The molecule has 0 N–H and O–H groups in total. The molecule has 0 unspecified atom stereocenters. The summed E-state index contributed by atoms with van der Waals surface area (Å²) >= 11 is 0. The number of anilines is 3. The number of benzene rings is 4. The summed E-state index contributed by atoms with van der Waals surface area (Å²) < 4.78 is 142. The van der Waals surface area contributed by atoms with E-state index in [4.69, 9.17) is 23.3 Å². The lowest BCUT2D eigenvalue weighted by atomic mass is 10.1. The van der Waals surface area contributed by atoms with Crippen LogP contribution in [-0.4, -0.2) is 4.57 Å². The van der Waals surface area contributed by atoms with Crippen molar-refractivity contribution in [2.24, 2.45) is 0 Å². The zero-order valence-corrected chi connectivity index (χ0v) is 14.9. The molecule has 5 aromatic rings. The SMILES string of the molecule is [2H]c1c([2H])c([2H])c(N(c2ccc3c4ccccc4n(C([2H])([2H])C([2H])([2H])[2H])c3c2)c2c([2H])c([2H])c(C([2H])([2H])[2H])c([2H])c2[2H])c([2H])c1[2H]. The molecule has 29 heavy (non-hydrogen) atoms. The third kappa shape index (κ3) is 2.98. The molecule has 0 aliphatic rings. The van der Waals surface area contributed by atoms with E-state index in [0.29, 0.717) is 10.8 Å². The Morgan fingerprint density at radius 2 is 1.59 bits per heavy atom. The molecule has 0 amide bonds. The summed E-state index contributed by atoms with van der Waals surface area (Å²) in [5, 5.41) is 0.851. The van der Waals surface area contributed by atoms with E-state index in [1.165, 1.54) is 24.3 Å². The summed E-state index contributed by atoms with van der Waals surface area (Å²) in [7, 11) is 0. The van der Waals surface area contributed by atoms with Gasteiger partial charge >= 0.3 is 0 Å². The van der Waals surface area contributed by atoms with E-state index in [9.17, 15) is 0 Å².